The zero-order valence-corrected chi connectivity index (χ0v) is 9.42. The molecule has 0 N–H and O–H groups in total. The summed E-state index contributed by atoms with van der Waals surface area (Å²) in [6, 6.07) is 5.91. The molecule has 76 valence electrons. The van der Waals surface area contributed by atoms with Crippen molar-refractivity contribution in [2.45, 2.75) is 13.8 Å². The van der Waals surface area contributed by atoms with Gasteiger partial charge >= 0.3 is 0 Å². The molecule has 0 saturated heterocycles. The molecule has 1 aromatic heterocycles. The first kappa shape index (κ1) is 10.1. The fraction of sp³-hybridized carbons (Fsp3) is 0.167. The molecule has 0 aliphatic heterocycles. The van der Waals surface area contributed by atoms with Crippen LogP contribution in [0.5, 0.6) is 0 Å². The Hall–Kier alpha value is -1.41. The molecule has 0 unspecified atom stereocenters. The second-order valence-corrected chi connectivity index (χ2v) is 3.93. The fourth-order valence-electron chi connectivity index (χ4n) is 1.36. The smallest absolute Gasteiger partial charge is 0.0900 e. The van der Waals surface area contributed by atoms with Gasteiger partial charge in [-0.1, -0.05) is 23.7 Å². The Balaban J connectivity index is 2.49. The van der Waals surface area contributed by atoms with Gasteiger partial charge in [-0.25, -0.2) is 0 Å². The molecule has 2 rings (SSSR count). The standard InChI is InChI=1S/C12H11ClN2/c1-8-3-4-10(11(13)5-8)12-7-14-9(2)6-15-12/h3-7H,1-2H3. The lowest BCUT2D eigenvalue weighted by Crippen LogP contribution is -1.89. The Morgan fingerprint density at radius 1 is 1.07 bits per heavy atom. The van der Waals surface area contributed by atoms with Crippen LogP contribution in [0.2, 0.25) is 5.02 Å². The van der Waals surface area contributed by atoms with Crippen molar-refractivity contribution in [1.29, 1.82) is 0 Å². The number of nitrogens with zero attached hydrogens (tertiary/aromatic N) is 2. The van der Waals surface area contributed by atoms with Crippen LogP contribution in [0.15, 0.2) is 30.6 Å². The van der Waals surface area contributed by atoms with Crippen molar-refractivity contribution in [3.63, 3.8) is 0 Å². The van der Waals surface area contributed by atoms with Gasteiger partial charge in [-0.3, -0.25) is 9.97 Å². The summed E-state index contributed by atoms with van der Waals surface area (Å²) in [4.78, 5) is 8.49. The lowest BCUT2D eigenvalue weighted by atomic mass is 10.1. The summed E-state index contributed by atoms with van der Waals surface area (Å²) in [7, 11) is 0. The van der Waals surface area contributed by atoms with Gasteiger partial charge in [0.15, 0.2) is 0 Å². The Morgan fingerprint density at radius 3 is 2.47 bits per heavy atom. The van der Waals surface area contributed by atoms with Crippen molar-refractivity contribution in [1.82, 2.24) is 9.97 Å². The monoisotopic (exact) mass is 218 g/mol. The van der Waals surface area contributed by atoms with Crippen molar-refractivity contribution >= 4 is 11.6 Å². The number of hydrogen-bond donors (Lipinski definition) is 0. The Kier molecular flexibility index (Phi) is 2.69. The molecule has 0 aliphatic carbocycles. The quantitative estimate of drug-likeness (QED) is 0.733. The highest BCUT2D eigenvalue weighted by Crippen LogP contribution is 2.26. The molecule has 0 amide bonds. The first-order valence-corrected chi connectivity index (χ1v) is 5.10. The average molecular weight is 219 g/mol. The third-order valence-corrected chi connectivity index (χ3v) is 2.49. The molecule has 15 heavy (non-hydrogen) atoms. The van der Waals surface area contributed by atoms with Gasteiger partial charge in [0.05, 0.1) is 22.6 Å². The van der Waals surface area contributed by atoms with E-state index < -0.39 is 0 Å². The van der Waals surface area contributed by atoms with Gasteiger partial charge in [0.1, 0.15) is 0 Å². The molecule has 2 aromatic rings. The van der Waals surface area contributed by atoms with Crippen LogP contribution in [0, 0.1) is 13.8 Å². The summed E-state index contributed by atoms with van der Waals surface area (Å²) < 4.78 is 0. The lowest BCUT2D eigenvalue weighted by Gasteiger charge is -2.04. The van der Waals surface area contributed by atoms with Crippen LogP contribution in [0.3, 0.4) is 0 Å². The second kappa shape index (κ2) is 3.99. The van der Waals surface area contributed by atoms with Crippen molar-refractivity contribution in [3.8, 4) is 11.3 Å². The van der Waals surface area contributed by atoms with E-state index >= 15 is 0 Å². The minimum Gasteiger partial charge on any atom is -0.258 e. The summed E-state index contributed by atoms with van der Waals surface area (Å²) in [6.07, 6.45) is 3.48. The van der Waals surface area contributed by atoms with Gasteiger partial charge < -0.3 is 0 Å². The molecule has 0 aliphatic rings. The van der Waals surface area contributed by atoms with Crippen LogP contribution in [-0.2, 0) is 0 Å². The summed E-state index contributed by atoms with van der Waals surface area (Å²) in [5.74, 6) is 0. The minimum atomic E-state index is 0.716. The molecular weight excluding hydrogens is 208 g/mol. The summed E-state index contributed by atoms with van der Waals surface area (Å²) in [6.45, 7) is 3.92. The number of aryl methyl sites for hydroxylation is 2. The average Bonchev–Trinajstić information content (AvgIpc) is 2.20. The maximum atomic E-state index is 6.14. The SMILES string of the molecule is Cc1ccc(-c2cnc(C)cn2)c(Cl)c1. The van der Waals surface area contributed by atoms with Crippen LogP contribution in [0.25, 0.3) is 11.3 Å². The summed E-state index contributed by atoms with van der Waals surface area (Å²) in [5, 5.41) is 0.716. The van der Waals surface area contributed by atoms with E-state index in [1.54, 1.807) is 12.4 Å². The maximum absolute atomic E-state index is 6.14. The normalized spacial score (nSPS) is 10.3. The van der Waals surface area contributed by atoms with Crippen LogP contribution in [0.4, 0.5) is 0 Å². The Bertz CT molecular complexity index is 477. The van der Waals surface area contributed by atoms with E-state index in [0.717, 1.165) is 22.5 Å². The fourth-order valence-corrected chi connectivity index (χ4v) is 1.69. The molecule has 1 heterocycles. The number of rotatable bonds is 1. The van der Waals surface area contributed by atoms with Gasteiger partial charge in [-0.15, -0.1) is 0 Å². The van der Waals surface area contributed by atoms with E-state index in [2.05, 4.69) is 9.97 Å². The highest BCUT2D eigenvalue weighted by Gasteiger charge is 2.04. The van der Waals surface area contributed by atoms with Gasteiger partial charge in [-0.2, -0.15) is 0 Å². The molecule has 1 aromatic carbocycles. The second-order valence-electron chi connectivity index (χ2n) is 3.53. The van der Waals surface area contributed by atoms with Crippen molar-refractivity contribution in [3.05, 3.63) is 46.9 Å². The molecule has 3 heteroatoms. The zero-order valence-electron chi connectivity index (χ0n) is 8.66. The van der Waals surface area contributed by atoms with Crippen LogP contribution < -0.4 is 0 Å². The first-order chi connectivity index (χ1) is 7.16. The van der Waals surface area contributed by atoms with E-state index in [1.165, 1.54) is 0 Å². The highest BCUT2D eigenvalue weighted by atomic mass is 35.5. The predicted octanol–water partition coefficient (Wildman–Crippen LogP) is 3.41. The lowest BCUT2D eigenvalue weighted by molar-refractivity contribution is 1.12. The zero-order chi connectivity index (χ0) is 10.8. The summed E-state index contributed by atoms with van der Waals surface area (Å²) in [5.41, 5.74) is 3.78. The molecule has 0 atom stereocenters. The largest absolute Gasteiger partial charge is 0.258 e. The third-order valence-electron chi connectivity index (χ3n) is 2.18. The third kappa shape index (κ3) is 2.16. The van der Waals surface area contributed by atoms with Crippen LogP contribution in [-0.4, -0.2) is 9.97 Å². The van der Waals surface area contributed by atoms with E-state index in [1.807, 2.05) is 32.0 Å². The number of halogens is 1. The molecule has 0 saturated carbocycles. The Morgan fingerprint density at radius 2 is 1.87 bits per heavy atom. The molecular formula is C12H11ClN2. The first-order valence-electron chi connectivity index (χ1n) is 4.72. The number of benzene rings is 1. The number of hydrogen-bond acceptors (Lipinski definition) is 2. The molecule has 0 fully saturated rings. The molecule has 0 bridgehead atoms. The van der Waals surface area contributed by atoms with E-state index in [0.29, 0.717) is 5.02 Å². The Labute approximate surface area is 94.0 Å². The van der Waals surface area contributed by atoms with Crippen molar-refractivity contribution in [2.24, 2.45) is 0 Å². The van der Waals surface area contributed by atoms with Crippen molar-refractivity contribution in [2.75, 3.05) is 0 Å². The van der Waals surface area contributed by atoms with Gasteiger partial charge in [0.2, 0.25) is 0 Å². The molecule has 0 spiro atoms. The minimum absolute atomic E-state index is 0.716. The van der Waals surface area contributed by atoms with Gasteiger partial charge in [0.25, 0.3) is 0 Å². The van der Waals surface area contributed by atoms with Gasteiger partial charge in [-0.05, 0) is 25.5 Å². The molecule has 0 radical (unpaired) electrons. The van der Waals surface area contributed by atoms with Gasteiger partial charge in [0, 0.05) is 11.8 Å². The van der Waals surface area contributed by atoms with Crippen LogP contribution in [0.1, 0.15) is 11.3 Å². The highest BCUT2D eigenvalue weighted by molar-refractivity contribution is 6.33. The molecule has 2 nitrogen and oxygen atoms in total. The van der Waals surface area contributed by atoms with Crippen LogP contribution >= 0.6 is 11.6 Å². The maximum Gasteiger partial charge on any atom is 0.0900 e. The van der Waals surface area contributed by atoms with E-state index in [9.17, 15) is 0 Å². The summed E-state index contributed by atoms with van der Waals surface area (Å²) >= 11 is 6.14. The van der Waals surface area contributed by atoms with Crippen molar-refractivity contribution < 1.29 is 0 Å². The van der Waals surface area contributed by atoms with E-state index in [-0.39, 0.29) is 0 Å². The van der Waals surface area contributed by atoms with E-state index in [4.69, 9.17) is 11.6 Å². The number of aromatic nitrogens is 2. The topological polar surface area (TPSA) is 25.8 Å². The predicted molar refractivity (Wildman–Crippen MR) is 62.0 cm³/mol.